The van der Waals surface area contributed by atoms with E-state index in [4.69, 9.17) is 0 Å². The second-order valence-electron chi connectivity index (χ2n) is 11.2. The molecule has 0 radical (unpaired) electrons. The second kappa shape index (κ2) is 9.20. The highest BCUT2D eigenvalue weighted by atomic mass is 19.3. The first-order valence-corrected chi connectivity index (χ1v) is 12.4. The van der Waals surface area contributed by atoms with E-state index in [0.717, 1.165) is 24.2 Å². The SMILES string of the molecule is Cc1nc(N[C@H](C)c2cccc(C(F)(F)[C@@](C)(O)CN(C)C)c2F)c2cc3c(cc2n1)C(C)(C)C(=O)N3C. The quantitative estimate of drug-likeness (QED) is 0.453. The molecule has 3 aromatic rings. The number of hydrogen-bond donors (Lipinski definition) is 2. The lowest BCUT2D eigenvalue weighted by molar-refractivity contribution is -0.186. The van der Waals surface area contributed by atoms with Crippen molar-refractivity contribution >= 4 is 28.3 Å². The first kappa shape index (κ1) is 27.8. The van der Waals surface area contributed by atoms with Gasteiger partial charge in [-0.3, -0.25) is 4.79 Å². The van der Waals surface area contributed by atoms with Gasteiger partial charge >= 0.3 is 5.92 Å². The van der Waals surface area contributed by atoms with E-state index in [1.165, 1.54) is 17.0 Å². The molecule has 2 N–H and O–H groups in total. The van der Waals surface area contributed by atoms with E-state index in [0.29, 0.717) is 22.5 Å². The summed E-state index contributed by atoms with van der Waals surface area (Å²) < 4.78 is 46.3. The van der Waals surface area contributed by atoms with Crippen molar-refractivity contribution in [3.8, 4) is 0 Å². The molecule has 1 aliphatic rings. The Morgan fingerprint density at radius 3 is 2.50 bits per heavy atom. The van der Waals surface area contributed by atoms with Crippen LogP contribution in [-0.2, 0) is 16.1 Å². The topological polar surface area (TPSA) is 81.6 Å². The summed E-state index contributed by atoms with van der Waals surface area (Å²) in [7, 11) is 4.82. The molecule has 7 nitrogen and oxygen atoms in total. The number of hydrogen-bond acceptors (Lipinski definition) is 6. The van der Waals surface area contributed by atoms with Crippen LogP contribution in [0, 0.1) is 12.7 Å². The van der Waals surface area contributed by atoms with E-state index >= 15 is 13.2 Å². The van der Waals surface area contributed by atoms with Crippen molar-refractivity contribution in [1.29, 1.82) is 0 Å². The summed E-state index contributed by atoms with van der Waals surface area (Å²) in [5, 5.41) is 14.3. The zero-order valence-electron chi connectivity index (χ0n) is 22.9. The Kier molecular flexibility index (Phi) is 6.73. The highest BCUT2D eigenvalue weighted by Gasteiger charge is 2.52. The molecule has 0 aliphatic carbocycles. The van der Waals surface area contributed by atoms with Crippen LogP contribution in [0.2, 0.25) is 0 Å². The van der Waals surface area contributed by atoms with E-state index in [-0.39, 0.29) is 18.0 Å². The van der Waals surface area contributed by atoms with Gasteiger partial charge in [0.25, 0.3) is 0 Å². The monoisotopic (exact) mass is 529 g/mol. The Balaban J connectivity index is 1.75. The molecule has 38 heavy (non-hydrogen) atoms. The molecular formula is C28H34F3N5O2. The lowest BCUT2D eigenvalue weighted by atomic mass is 9.85. The number of aliphatic hydroxyl groups is 1. The maximum absolute atomic E-state index is 15.6. The molecule has 4 rings (SSSR count). The molecule has 1 aliphatic heterocycles. The van der Waals surface area contributed by atoms with Crippen LogP contribution in [0.25, 0.3) is 10.9 Å². The number of nitrogens with one attached hydrogen (secondary N) is 1. The third kappa shape index (κ3) is 4.39. The molecule has 1 aromatic heterocycles. The van der Waals surface area contributed by atoms with Crippen LogP contribution in [0.15, 0.2) is 30.3 Å². The number of alkyl halides is 2. The molecule has 0 saturated heterocycles. The maximum atomic E-state index is 15.6. The Morgan fingerprint density at radius 2 is 1.87 bits per heavy atom. The Hall–Kier alpha value is -3.24. The average molecular weight is 530 g/mol. The van der Waals surface area contributed by atoms with E-state index in [1.807, 2.05) is 26.0 Å². The van der Waals surface area contributed by atoms with Crippen molar-refractivity contribution in [3.05, 3.63) is 58.7 Å². The molecule has 2 heterocycles. The third-order valence-corrected chi connectivity index (χ3v) is 7.29. The molecule has 0 fully saturated rings. The lowest BCUT2D eigenvalue weighted by Crippen LogP contribution is -2.50. The number of halogens is 3. The van der Waals surface area contributed by atoms with Crippen molar-refractivity contribution in [2.75, 3.05) is 37.9 Å². The number of amides is 1. The molecule has 2 atom stereocenters. The standard InChI is InChI=1S/C28H34F3N5O2/c1-15(17-10-9-11-19(23(17)29)28(30,31)27(5,38)14-35(6)7)32-24-18-12-22-20(13-21(18)33-16(2)34-24)26(3,4)25(37)36(22)8/h9-13,15,38H,14H2,1-8H3,(H,32,33,34)/t15-,27+/m1/s1. The molecule has 0 spiro atoms. The lowest BCUT2D eigenvalue weighted by Gasteiger charge is -2.35. The fraction of sp³-hybridized carbons (Fsp3) is 0.464. The highest BCUT2D eigenvalue weighted by Crippen LogP contribution is 2.44. The van der Waals surface area contributed by atoms with Crippen LogP contribution < -0.4 is 10.2 Å². The maximum Gasteiger partial charge on any atom is 0.305 e. The smallest absolute Gasteiger partial charge is 0.305 e. The number of nitrogens with zero attached hydrogens (tertiary/aromatic N) is 4. The van der Waals surface area contributed by atoms with Crippen molar-refractivity contribution in [2.45, 2.75) is 57.6 Å². The average Bonchev–Trinajstić information content (AvgIpc) is 2.96. The number of likely N-dealkylation sites (N-methyl/N-ethyl adjacent to an activating group) is 2. The number of carbonyl (C=O) groups excluding carboxylic acids is 1. The summed E-state index contributed by atoms with van der Waals surface area (Å²) in [5.74, 6) is -4.13. The molecule has 2 aromatic carbocycles. The molecule has 1 amide bonds. The summed E-state index contributed by atoms with van der Waals surface area (Å²) >= 11 is 0. The zero-order chi connectivity index (χ0) is 28.4. The van der Waals surface area contributed by atoms with Gasteiger partial charge in [-0.15, -0.1) is 0 Å². The molecule has 204 valence electrons. The first-order valence-electron chi connectivity index (χ1n) is 12.4. The third-order valence-electron chi connectivity index (χ3n) is 7.29. The molecule has 0 unspecified atom stereocenters. The number of carbonyl (C=O) groups is 1. The summed E-state index contributed by atoms with van der Waals surface area (Å²) in [6, 6.07) is 6.71. The van der Waals surface area contributed by atoms with Gasteiger partial charge in [0.2, 0.25) is 5.91 Å². The number of anilines is 2. The molecule has 10 heteroatoms. The molecule has 0 bridgehead atoms. The van der Waals surface area contributed by atoms with E-state index in [9.17, 15) is 9.90 Å². The van der Waals surface area contributed by atoms with Gasteiger partial charge in [-0.1, -0.05) is 12.1 Å². The van der Waals surface area contributed by atoms with Gasteiger partial charge in [0, 0.05) is 30.2 Å². The predicted molar refractivity (Wildman–Crippen MR) is 142 cm³/mol. The minimum atomic E-state index is -3.85. The second-order valence-corrected chi connectivity index (χ2v) is 11.2. The fourth-order valence-electron chi connectivity index (χ4n) is 5.23. The van der Waals surface area contributed by atoms with Gasteiger partial charge < -0.3 is 20.2 Å². The molecular weight excluding hydrogens is 495 g/mol. The Labute approximate surface area is 220 Å². The zero-order valence-corrected chi connectivity index (χ0v) is 22.9. The number of aromatic nitrogens is 2. The van der Waals surface area contributed by atoms with Crippen LogP contribution >= 0.6 is 0 Å². The first-order chi connectivity index (χ1) is 17.5. The van der Waals surface area contributed by atoms with Gasteiger partial charge in [0.1, 0.15) is 23.1 Å². The van der Waals surface area contributed by atoms with E-state index < -0.39 is 34.4 Å². The number of rotatable bonds is 7. The predicted octanol–water partition coefficient (Wildman–Crippen LogP) is 4.91. The van der Waals surface area contributed by atoms with Crippen molar-refractivity contribution in [3.63, 3.8) is 0 Å². The minimum Gasteiger partial charge on any atom is -0.382 e. The van der Waals surface area contributed by atoms with Crippen molar-refractivity contribution < 1.29 is 23.1 Å². The highest BCUT2D eigenvalue weighted by molar-refractivity contribution is 6.10. The summed E-state index contributed by atoms with van der Waals surface area (Å²) in [6.45, 7) is 7.73. The van der Waals surface area contributed by atoms with Crippen molar-refractivity contribution in [2.24, 2.45) is 0 Å². The van der Waals surface area contributed by atoms with Gasteiger partial charge in [-0.2, -0.15) is 8.78 Å². The Bertz CT molecular complexity index is 1420. The van der Waals surface area contributed by atoms with Crippen LogP contribution in [0.5, 0.6) is 0 Å². The van der Waals surface area contributed by atoms with E-state index in [2.05, 4.69) is 15.3 Å². The minimum absolute atomic E-state index is 0.00170. The van der Waals surface area contributed by atoms with Crippen LogP contribution in [0.1, 0.15) is 56.3 Å². The van der Waals surface area contributed by atoms with E-state index in [1.54, 1.807) is 39.9 Å². The van der Waals surface area contributed by atoms with Gasteiger partial charge in [0.15, 0.2) is 0 Å². The Morgan fingerprint density at radius 1 is 1.21 bits per heavy atom. The fourth-order valence-corrected chi connectivity index (χ4v) is 5.23. The summed E-state index contributed by atoms with van der Waals surface area (Å²) in [5.41, 5.74) is -1.89. The van der Waals surface area contributed by atoms with Crippen molar-refractivity contribution in [1.82, 2.24) is 14.9 Å². The van der Waals surface area contributed by atoms with Crippen LogP contribution in [-0.4, -0.2) is 59.2 Å². The summed E-state index contributed by atoms with van der Waals surface area (Å²) in [4.78, 5) is 24.9. The number of fused-ring (bicyclic) bond motifs is 2. The van der Waals surface area contributed by atoms with Gasteiger partial charge in [-0.25, -0.2) is 14.4 Å². The van der Waals surface area contributed by atoms with Crippen LogP contribution in [0.3, 0.4) is 0 Å². The van der Waals surface area contributed by atoms with Gasteiger partial charge in [-0.05, 0) is 72.5 Å². The normalized spacial score (nSPS) is 17.6. The summed E-state index contributed by atoms with van der Waals surface area (Å²) in [6.07, 6.45) is 0. The number of aryl methyl sites for hydroxylation is 1. The number of benzene rings is 2. The van der Waals surface area contributed by atoms with Crippen LogP contribution in [0.4, 0.5) is 24.7 Å². The molecule has 0 saturated carbocycles. The largest absolute Gasteiger partial charge is 0.382 e. The van der Waals surface area contributed by atoms with Gasteiger partial charge in [0.05, 0.1) is 22.5 Å².